The number of hydrogen-bond donors (Lipinski definition) is 2. The third kappa shape index (κ3) is 10.3. The molecule has 0 aliphatic rings. The Labute approximate surface area is 271 Å². The normalized spacial score (nSPS) is 12.4. The average Bonchev–Trinajstić information content (AvgIpc) is 3.05. The van der Waals surface area contributed by atoms with Crippen LogP contribution < -0.4 is 15.4 Å². The molecule has 4 rings (SSSR count). The summed E-state index contributed by atoms with van der Waals surface area (Å²) in [4.78, 5) is 25.8. The van der Waals surface area contributed by atoms with E-state index in [1.54, 1.807) is 13.8 Å². The van der Waals surface area contributed by atoms with Crippen molar-refractivity contribution in [2.45, 2.75) is 38.6 Å². The summed E-state index contributed by atoms with van der Waals surface area (Å²) in [6, 6.07) is 29.0. The van der Waals surface area contributed by atoms with Crippen molar-refractivity contribution in [2.24, 2.45) is 5.92 Å². The highest BCUT2D eigenvalue weighted by Crippen LogP contribution is 2.30. The Bertz CT molecular complexity index is 1650. The van der Waals surface area contributed by atoms with Gasteiger partial charge in [-0.25, -0.2) is 4.39 Å². The van der Waals surface area contributed by atoms with Crippen molar-refractivity contribution in [1.29, 1.82) is 0 Å². The second-order valence-electron chi connectivity index (χ2n) is 10.9. The Hall–Kier alpha value is -4.01. The molecule has 0 saturated heterocycles. The third-order valence-corrected chi connectivity index (χ3v) is 8.57. The quantitative estimate of drug-likeness (QED) is 0.117. The molecule has 0 aromatic heterocycles. The van der Waals surface area contributed by atoms with Gasteiger partial charge >= 0.3 is 0 Å². The van der Waals surface area contributed by atoms with Gasteiger partial charge in [-0.2, -0.15) is 0 Å². The Morgan fingerprint density at radius 2 is 1.67 bits per heavy atom. The van der Waals surface area contributed by atoms with Gasteiger partial charge in [0, 0.05) is 29.4 Å². The fourth-order valence-electron chi connectivity index (χ4n) is 4.73. The largest absolute Gasteiger partial charge is 0.481 e. The van der Waals surface area contributed by atoms with E-state index in [0.717, 1.165) is 29.5 Å². The number of nitrogens with one attached hydrogen (secondary N) is 2. The standard InChI is InChI=1S/C37H37ClFN2O3P/c1-25(2)35(42)34(41-36(43)30-16-19-33(39)32(38)23-30)22-28-12-7-11-26(21-28)13-8-20-44-31-17-14-29(15-18-31)37(45-3)40-24-27-9-5-4-6-10-27/h4-7,9-12,14-19,21,23,25,34,37,40,45H,20,22,24H2,1-3H3,(H,41,43). The molecule has 8 heteroatoms. The Morgan fingerprint density at radius 1 is 0.933 bits per heavy atom. The molecule has 0 aliphatic carbocycles. The number of Topliss-reactive ketones (excluding diaryl/α,β-unsaturated/α-hetero) is 1. The van der Waals surface area contributed by atoms with Crippen molar-refractivity contribution in [3.8, 4) is 17.6 Å². The molecule has 0 saturated carbocycles. The van der Waals surface area contributed by atoms with Crippen LogP contribution in [0, 0.1) is 23.6 Å². The number of carbonyl (C=O) groups excluding carboxylic acids is 2. The molecule has 232 valence electrons. The van der Waals surface area contributed by atoms with Crippen LogP contribution in [0.5, 0.6) is 5.75 Å². The van der Waals surface area contributed by atoms with Crippen LogP contribution >= 0.6 is 20.2 Å². The molecule has 0 heterocycles. The van der Waals surface area contributed by atoms with E-state index in [-0.39, 0.29) is 41.1 Å². The lowest BCUT2D eigenvalue weighted by Gasteiger charge is -2.20. The number of ketones is 1. The predicted molar refractivity (Wildman–Crippen MR) is 182 cm³/mol. The van der Waals surface area contributed by atoms with Crippen molar-refractivity contribution in [2.75, 3.05) is 13.3 Å². The van der Waals surface area contributed by atoms with Gasteiger partial charge in [0.1, 0.15) is 18.2 Å². The summed E-state index contributed by atoms with van der Waals surface area (Å²) in [5.41, 5.74) is 4.28. The van der Waals surface area contributed by atoms with E-state index < -0.39 is 17.8 Å². The second-order valence-corrected chi connectivity index (χ2v) is 12.4. The topological polar surface area (TPSA) is 67.4 Å². The van der Waals surface area contributed by atoms with Gasteiger partial charge in [-0.1, -0.05) is 91.9 Å². The molecular formula is C37H37ClFN2O3P. The summed E-state index contributed by atoms with van der Waals surface area (Å²) < 4.78 is 19.4. The number of hydrogen-bond acceptors (Lipinski definition) is 4. The Balaban J connectivity index is 1.33. The van der Waals surface area contributed by atoms with Crippen LogP contribution in [0.25, 0.3) is 0 Å². The van der Waals surface area contributed by atoms with Crippen molar-refractivity contribution >= 4 is 31.9 Å². The lowest BCUT2D eigenvalue weighted by molar-refractivity contribution is -0.123. The molecule has 4 aromatic rings. The lowest BCUT2D eigenvalue weighted by atomic mass is 9.94. The molecule has 1 amide bonds. The van der Waals surface area contributed by atoms with Crippen LogP contribution in [0.2, 0.25) is 5.02 Å². The maximum absolute atomic E-state index is 13.6. The van der Waals surface area contributed by atoms with Crippen molar-refractivity contribution in [1.82, 2.24) is 10.6 Å². The lowest BCUT2D eigenvalue weighted by Crippen LogP contribution is -2.44. The summed E-state index contributed by atoms with van der Waals surface area (Å²) in [7, 11) is 0.713. The van der Waals surface area contributed by atoms with Gasteiger partial charge in [0.15, 0.2) is 5.78 Å². The summed E-state index contributed by atoms with van der Waals surface area (Å²) in [5, 5.41) is 6.28. The van der Waals surface area contributed by atoms with Crippen LogP contribution in [0.4, 0.5) is 4.39 Å². The van der Waals surface area contributed by atoms with Gasteiger partial charge < -0.3 is 15.4 Å². The van der Waals surface area contributed by atoms with Crippen LogP contribution in [0.1, 0.15) is 52.2 Å². The number of halogens is 2. The number of benzene rings is 4. The minimum atomic E-state index is -0.766. The molecule has 0 bridgehead atoms. The highest BCUT2D eigenvalue weighted by molar-refractivity contribution is 7.37. The molecule has 5 nitrogen and oxygen atoms in total. The van der Waals surface area contributed by atoms with E-state index in [9.17, 15) is 14.0 Å². The second kappa shape index (κ2) is 16.9. The van der Waals surface area contributed by atoms with Crippen molar-refractivity contribution in [3.63, 3.8) is 0 Å². The zero-order valence-electron chi connectivity index (χ0n) is 25.6. The number of rotatable bonds is 13. The Morgan fingerprint density at radius 3 is 2.36 bits per heavy atom. The summed E-state index contributed by atoms with van der Waals surface area (Å²) in [5.74, 6) is 5.70. The first-order valence-electron chi connectivity index (χ1n) is 14.8. The molecule has 0 spiro atoms. The predicted octanol–water partition coefficient (Wildman–Crippen LogP) is 7.57. The van der Waals surface area contributed by atoms with Gasteiger partial charge in [0.25, 0.3) is 5.91 Å². The first-order valence-corrected chi connectivity index (χ1v) is 16.7. The first-order chi connectivity index (χ1) is 21.7. The smallest absolute Gasteiger partial charge is 0.251 e. The van der Waals surface area contributed by atoms with Crippen LogP contribution in [0.3, 0.4) is 0 Å². The van der Waals surface area contributed by atoms with Gasteiger partial charge in [-0.3, -0.25) is 9.59 Å². The van der Waals surface area contributed by atoms with Gasteiger partial charge in [-0.15, -0.1) is 8.58 Å². The van der Waals surface area contributed by atoms with E-state index in [0.29, 0.717) is 8.58 Å². The maximum Gasteiger partial charge on any atom is 0.251 e. The SMILES string of the molecule is CPC(NCc1ccccc1)c1ccc(OCC#Cc2cccc(CC(NC(=O)c3ccc(F)c(Cl)c3)C(=O)C(C)C)c2)cc1. The number of amides is 1. The molecule has 45 heavy (non-hydrogen) atoms. The molecule has 3 atom stereocenters. The zero-order valence-corrected chi connectivity index (χ0v) is 27.3. The van der Waals surface area contributed by atoms with Crippen LogP contribution in [-0.4, -0.2) is 31.0 Å². The third-order valence-electron chi connectivity index (χ3n) is 7.17. The highest BCUT2D eigenvalue weighted by atomic mass is 35.5. The first kappa shape index (κ1) is 33.9. The number of ether oxygens (including phenoxy) is 1. The molecule has 0 radical (unpaired) electrons. The molecule has 0 fully saturated rings. The molecule has 0 aliphatic heterocycles. The minimum Gasteiger partial charge on any atom is -0.481 e. The molecule has 4 aromatic carbocycles. The maximum atomic E-state index is 13.6. The fourth-order valence-corrected chi connectivity index (χ4v) is 5.74. The monoisotopic (exact) mass is 642 g/mol. The van der Waals surface area contributed by atoms with Crippen molar-refractivity contribution in [3.05, 3.63) is 136 Å². The van der Waals surface area contributed by atoms with Crippen LogP contribution in [0.15, 0.2) is 97.1 Å². The highest BCUT2D eigenvalue weighted by Gasteiger charge is 2.24. The van der Waals surface area contributed by atoms with Gasteiger partial charge in [-0.05, 0) is 72.2 Å². The number of carbonyl (C=O) groups is 2. The summed E-state index contributed by atoms with van der Waals surface area (Å²) in [6.07, 6.45) is 0.287. The van der Waals surface area contributed by atoms with Gasteiger partial charge in [0.2, 0.25) is 0 Å². The molecule has 2 N–H and O–H groups in total. The Kier molecular flexibility index (Phi) is 12.7. The van der Waals surface area contributed by atoms with E-state index in [4.69, 9.17) is 16.3 Å². The van der Waals surface area contributed by atoms with E-state index in [2.05, 4.69) is 65.5 Å². The minimum absolute atomic E-state index is 0.106. The average molecular weight is 643 g/mol. The van der Waals surface area contributed by atoms with Gasteiger partial charge in [0.05, 0.1) is 11.1 Å². The zero-order chi connectivity index (χ0) is 32.2. The van der Waals surface area contributed by atoms with E-state index >= 15 is 0 Å². The van der Waals surface area contributed by atoms with Crippen LogP contribution in [-0.2, 0) is 17.8 Å². The van der Waals surface area contributed by atoms with Crippen molar-refractivity contribution < 1.29 is 18.7 Å². The van der Waals surface area contributed by atoms with E-state index in [1.165, 1.54) is 23.3 Å². The molecular weight excluding hydrogens is 606 g/mol. The summed E-state index contributed by atoms with van der Waals surface area (Å²) in [6.45, 7) is 6.81. The summed E-state index contributed by atoms with van der Waals surface area (Å²) >= 11 is 5.85. The molecule has 3 unspecified atom stereocenters. The fraction of sp³-hybridized carbons (Fsp3) is 0.243. The van der Waals surface area contributed by atoms with E-state index in [1.807, 2.05) is 42.5 Å².